The number of nitrogens with one attached hydrogen (secondary N) is 1. The molecule has 0 aliphatic carbocycles. The van der Waals surface area contributed by atoms with Crippen molar-refractivity contribution >= 4 is 5.91 Å². The first-order valence-electron chi connectivity index (χ1n) is 7.67. The Kier molecular flexibility index (Phi) is 4.74. The van der Waals surface area contributed by atoms with Crippen LogP contribution in [0.25, 0.3) is 11.4 Å². The van der Waals surface area contributed by atoms with Crippen molar-refractivity contribution in [3.05, 3.63) is 53.7 Å². The summed E-state index contributed by atoms with van der Waals surface area (Å²) in [7, 11) is 0. The van der Waals surface area contributed by atoms with Crippen LogP contribution in [0.5, 0.6) is 0 Å². The van der Waals surface area contributed by atoms with E-state index >= 15 is 0 Å². The Balaban J connectivity index is 1.70. The molecular formula is C16H14F3N5O2. The molecule has 3 rings (SSSR count). The van der Waals surface area contributed by atoms with Crippen LogP contribution in [0, 0.1) is 0 Å². The lowest BCUT2D eigenvalue weighted by Gasteiger charge is -2.03. The number of amides is 1. The van der Waals surface area contributed by atoms with Gasteiger partial charge in [0.1, 0.15) is 0 Å². The van der Waals surface area contributed by atoms with Gasteiger partial charge in [0.2, 0.25) is 5.82 Å². The number of alkyl halides is 3. The molecule has 0 atom stereocenters. The smallest absolute Gasteiger partial charge is 0.352 e. The molecule has 0 saturated heterocycles. The molecular weight excluding hydrogens is 351 g/mol. The van der Waals surface area contributed by atoms with Gasteiger partial charge >= 0.3 is 12.1 Å². The summed E-state index contributed by atoms with van der Waals surface area (Å²) in [6, 6.07) is 6.61. The zero-order valence-corrected chi connectivity index (χ0v) is 13.6. The Bertz CT molecular complexity index is 899. The third-order valence-corrected chi connectivity index (χ3v) is 3.46. The number of halogens is 3. The van der Waals surface area contributed by atoms with Gasteiger partial charge in [-0.25, -0.2) is 0 Å². The minimum Gasteiger partial charge on any atom is -0.352 e. The molecule has 1 aromatic carbocycles. The third kappa shape index (κ3) is 3.90. The summed E-state index contributed by atoms with van der Waals surface area (Å²) in [5.41, 5.74) is 1.70. The van der Waals surface area contributed by atoms with Gasteiger partial charge < -0.3 is 9.84 Å². The second-order valence-corrected chi connectivity index (χ2v) is 5.40. The minimum atomic E-state index is -4.67. The number of carbonyl (C=O) groups excluding carboxylic acids is 1. The number of nitrogens with zero attached hydrogens (tertiary/aromatic N) is 4. The number of carbonyl (C=O) groups is 1. The van der Waals surface area contributed by atoms with E-state index in [0.717, 1.165) is 5.56 Å². The van der Waals surface area contributed by atoms with Gasteiger partial charge in [-0.1, -0.05) is 29.4 Å². The van der Waals surface area contributed by atoms with E-state index in [0.29, 0.717) is 24.2 Å². The summed E-state index contributed by atoms with van der Waals surface area (Å²) in [6.07, 6.45) is -1.59. The Morgan fingerprint density at radius 2 is 2.00 bits per heavy atom. The zero-order chi connectivity index (χ0) is 18.7. The Labute approximate surface area is 145 Å². The van der Waals surface area contributed by atoms with Crippen molar-refractivity contribution < 1.29 is 22.5 Å². The second-order valence-electron chi connectivity index (χ2n) is 5.40. The molecule has 0 radical (unpaired) electrons. The van der Waals surface area contributed by atoms with Gasteiger partial charge in [-0.2, -0.15) is 23.3 Å². The highest BCUT2D eigenvalue weighted by Crippen LogP contribution is 2.29. The molecule has 1 amide bonds. The highest BCUT2D eigenvalue weighted by molar-refractivity contribution is 5.93. The van der Waals surface area contributed by atoms with Crippen LogP contribution in [-0.2, 0) is 12.7 Å². The van der Waals surface area contributed by atoms with Crippen molar-refractivity contribution in [3.63, 3.8) is 0 Å². The fourth-order valence-electron chi connectivity index (χ4n) is 2.23. The van der Waals surface area contributed by atoms with Crippen LogP contribution < -0.4 is 5.32 Å². The molecule has 0 unspecified atom stereocenters. The number of rotatable bonds is 5. The molecule has 3 aromatic rings. The van der Waals surface area contributed by atoms with Gasteiger partial charge in [0, 0.05) is 18.3 Å². The maximum Gasteiger partial charge on any atom is 0.471 e. The highest BCUT2D eigenvalue weighted by atomic mass is 19.4. The summed E-state index contributed by atoms with van der Waals surface area (Å²) < 4.78 is 43.3. The van der Waals surface area contributed by atoms with Crippen molar-refractivity contribution in [2.75, 3.05) is 6.54 Å². The molecule has 26 heavy (non-hydrogen) atoms. The molecule has 136 valence electrons. The Morgan fingerprint density at radius 1 is 1.27 bits per heavy atom. The molecule has 0 saturated carbocycles. The van der Waals surface area contributed by atoms with Gasteiger partial charge in [0.15, 0.2) is 0 Å². The van der Waals surface area contributed by atoms with E-state index in [9.17, 15) is 18.0 Å². The van der Waals surface area contributed by atoms with E-state index in [4.69, 9.17) is 0 Å². The largest absolute Gasteiger partial charge is 0.471 e. The molecule has 0 aliphatic heterocycles. The summed E-state index contributed by atoms with van der Waals surface area (Å²) in [5.74, 6) is -1.72. The fourth-order valence-corrected chi connectivity index (χ4v) is 2.23. The summed E-state index contributed by atoms with van der Waals surface area (Å²) >= 11 is 0. The van der Waals surface area contributed by atoms with Crippen LogP contribution in [0.3, 0.4) is 0 Å². The van der Waals surface area contributed by atoms with Gasteiger partial charge in [-0.3, -0.25) is 9.48 Å². The van der Waals surface area contributed by atoms with Gasteiger partial charge in [-0.05, 0) is 12.5 Å². The predicted octanol–water partition coefficient (Wildman–Crippen LogP) is 2.75. The van der Waals surface area contributed by atoms with Gasteiger partial charge in [-0.15, -0.1) is 0 Å². The van der Waals surface area contributed by atoms with Crippen molar-refractivity contribution in [2.24, 2.45) is 0 Å². The van der Waals surface area contributed by atoms with Crippen LogP contribution in [0.1, 0.15) is 28.7 Å². The SMILES string of the molecule is CCNC(=O)c1cnn(Cc2ccc(-c3noc(C(F)(F)F)n3)cc2)c1. The third-order valence-electron chi connectivity index (χ3n) is 3.46. The lowest BCUT2D eigenvalue weighted by Crippen LogP contribution is -2.22. The van der Waals surface area contributed by atoms with Crippen LogP contribution in [0.2, 0.25) is 0 Å². The average Bonchev–Trinajstić information content (AvgIpc) is 3.25. The highest BCUT2D eigenvalue weighted by Gasteiger charge is 2.38. The lowest BCUT2D eigenvalue weighted by molar-refractivity contribution is -0.159. The van der Waals surface area contributed by atoms with Crippen molar-refractivity contribution in [1.82, 2.24) is 25.2 Å². The predicted molar refractivity (Wildman–Crippen MR) is 84.1 cm³/mol. The standard InChI is InChI=1S/C16H14F3N5O2/c1-2-20-14(25)12-7-21-24(9-12)8-10-3-5-11(6-4-10)13-22-15(26-23-13)16(17,18)19/h3-7,9H,2,8H2,1H3,(H,20,25). The molecule has 0 aliphatic rings. The molecule has 0 fully saturated rings. The average molecular weight is 365 g/mol. The molecule has 10 heteroatoms. The van der Waals surface area contributed by atoms with E-state index in [2.05, 4.69) is 25.1 Å². The lowest BCUT2D eigenvalue weighted by atomic mass is 10.1. The first kappa shape index (κ1) is 17.6. The van der Waals surface area contributed by atoms with E-state index in [-0.39, 0.29) is 11.7 Å². The number of aromatic nitrogens is 4. The van der Waals surface area contributed by atoms with E-state index in [1.165, 1.54) is 6.20 Å². The topological polar surface area (TPSA) is 85.8 Å². The number of hydrogen-bond acceptors (Lipinski definition) is 5. The molecule has 7 nitrogen and oxygen atoms in total. The Hall–Kier alpha value is -3.17. The minimum absolute atomic E-state index is 0.138. The quantitative estimate of drug-likeness (QED) is 0.751. The first-order valence-corrected chi connectivity index (χ1v) is 7.67. The maximum absolute atomic E-state index is 12.5. The molecule has 0 spiro atoms. The summed E-state index contributed by atoms with van der Waals surface area (Å²) in [6.45, 7) is 2.75. The van der Waals surface area contributed by atoms with Crippen molar-refractivity contribution in [1.29, 1.82) is 0 Å². The molecule has 0 bridgehead atoms. The monoisotopic (exact) mass is 365 g/mol. The number of hydrogen-bond donors (Lipinski definition) is 1. The van der Waals surface area contributed by atoms with Gasteiger partial charge in [0.05, 0.1) is 18.3 Å². The van der Waals surface area contributed by atoms with Crippen LogP contribution in [-0.4, -0.2) is 32.4 Å². The molecule has 2 aromatic heterocycles. The Morgan fingerprint density at radius 3 is 2.62 bits per heavy atom. The van der Waals surface area contributed by atoms with E-state index < -0.39 is 12.1 Å². The van der Waals surface area contributed by atoms with Crippen LogP contribution in [0.4, 0.5) is 13.2 Å². The van der Waals surface area contributed by atoms with Crippen molar-refractivity contribution in [2.45, 2.75) is 19.6 Å². The number of benzene rings is 1. The van der Waals surface area contributed by atoms with Crippen molar-refractivity contribution in [3.8, 4) is 11.4 Å². The summed E-state index contributed by atoms with van der Waals surface area (Å²) in [4.78, 5) is 15.1. The normalized spacial score (nSPS) is 11.5. The maximum atomic E-state index is 12.5. The zero-order valence-electron chi connectivity index (χ0n) is 13.6. The molecule has 1 N–H and O–H groups in total. The van der Waals surface area contributed by atoms with Crippen LogP contribution >= 0.6 is 0 Å². The molecule has 2 heterocycles. The van der Waals surface area contributed by atoms with E-state index in [1.54, 1.807) is 35.1 Å². The fraction of sp³-hybridized carbons (Fsp3) is 0.250. The van der Waals surface area contributed by atoms with Crippen LogP contribution in [0.15, 0.2) is 41.2 Å². The van der Waals surface area contributed by atoms with E-state index in [1.807, 2.05) is 6.92 Å². The second kappa shape index (κ2) is 6.98. The first-order chi connectivity index (χ1) is 12.4. The summed E-state index contributed by atoms with van der Waals surface area (Å²) in [5, 5.41) is 10.1. The van der Waals surface area contributed by atoms with Gasteiger partial charge in [0.25, 0.3) is 5.91 Å².